The molecule has 3 rings (SSSR count). The number of rotatable bonds is 2. The van der Waals surface area contributed by atoms with Crippen LogP contribution in [0.15, 0.2) is 34.9 Å². The molecule has 1 aliphatic heterocycles. The molecule has 0 amide bonds. The molecule has 1 saturated heterocycles. The van der Waals surface area contributed by atoms with Crippen molar-refractivity contribution in [3.63, 3.8) is 0 Å². The van der Waals surface area contributed by atoms with Gasteiger partial charge < -0.3 is 9.73 Å². The van der Waals surface area contributed by atoms with E-state index in [4.69, 9.17) is 16.0 Å². The predicted molar refractivity (Wildman–Crippen MR) is 67.2 cm³/mol. The smallest absolute Gasteiger partial charge is 0.199 e. The van der Waals surface area contributed by atoms with E-state index in [1.54, 1.807) is 6.20 Å². The zero-order valence-electron chi connectivity index (χ0n) is 9.32. The maximum atomic E-state index is 6.13. The van der Waals surface area contributed by atoms with Gasteiger partial charge in [-0.25, -0.2) is 4.98 Å². The Balaban J connectivity index is 1.92. The van der Waals surface area contributed by atoms with Gasteiger partial charge in [-0.05, 0) is 25.1 Å². The van der Waals surface area contributed by atoms with Crippen LogP contribution in [0, 0.1) is 0 Å². The average Bonchev–Trinajstić information content (AvgIpc) is 3.00. The summed E-state index contributed by atoms with van der Waals surface area (Å²) in [6.45, 7) is 1.98. The van der Waals surface area contributed by atoms with Gasteiger partial charge in [0.1, 0.15) is 0 Å². The zero-order chi connectivity index (χ0) is 11.7. The quantitative estimate of drug-likeness (QED) is 0.888. The standard InChI is InChI=1S/C13H13ClN2O/c14-11-4-2-1-3-10(11)12-8-16-13(17-12)9-5-6-15-7-9/h1-4,8-9,15H,5-7H2. The topological polar surface area (TPSA) is 38.1 Å². The van der Waals surface area contributed by atoms with E-state index in [1.807, 2.05) is 24.3 Å². The number of oxazole rings is 1. The lowest BCUT2D eigenvalue weighted by molar-refractivity contribution is 0.467. The molecule has 4 heteroatoms. The van der Waals surface area contributed by atoms with Gasteiger partial charge in [0.2, 0.25) is 0 Å². The van der Waals surface area contributed by atoms with Gasteiger partial charge in [0.25, 0.3) is 0 Å². The molecule has 1 aromatic heterocycles. The molecule has 1 aliphatic rings. The van der Waals surface area contributed by atoms with Crippen LogP contribution in [-0.2, 0) is 0 Å². The SMILES string of the molecule is Clc1ccccc1-c1cnc(C2CCNC2)o1. The van der Waals surface area contributed by atoms with Gasteiger partial charge >= 0.3 is 0 Å². The number of nitrogens with one attached hydrogen (secondary N) is 1. The fourth-order valence-electron chi connectivity index (χ4n) is 2.13. The number of nitrogens with zero attached hydrogens (tertiary/aromatic N) is 1. The zero-order valence-corrected chi connectivity index (χ0v) is 10.1. The molecule has 88 valence electrons. The number of aromatic nitrogens is 1. The molecule has 17 heavy (non-hydrogen) atoms. The van der Waals surface area contributed by atoms with Crippen molar-refractivity contribution in [3.8, 4) is 11.3 Å². The first-order valence-electron chi connectivity index (χ1n) is 5.76. The van der Waals surface area contributed by atoms with Gasteiger partial charge in [0.05, 0.1) is 11.2 Å². The molecular weight excluding hydrogens is 236 g/mol. The van der Waals surface area contributed by atoms with Gasteiger partial charge in [-0.1, -0.05) is 23.7 Å². The van der Waals surface area contributed by atoms with Crippen molar-refractivity contribution in [3.05, 3.63) is 41.4 Å². The molecule has 0 bridgehead atoms. The molecule has 1 fully saturated rings. The van der Waals surface area contributed by atoms with Crippen molar-refractivity contribution in [2.75, 3.05) is 13.1 Å². The van der Waals surface area contributed by atoms with Crippen LogP contribution >= 0.6 is 11.6 Å². The highest BCUT2D eigenvalue weighted by Gasteiger charge is 2.22. The average molecular weight is 249 g/mol. The van der Waals surface area contributed by atoms with Gasteiger partial charge in [-0.2, -0.15) is 0 Å². The van der Waals surface area contributed by atoms with Gasteiger partial charge in [-0.3, -0.25) is 0 Å². The highest BCUT2D eigenvalue weighted by atomic mass is 35.5. The first kappa shape index (κ1) is 10.8. The summed E-state index contributed by atoms with van der Waals surface area (Å²) in [5.74, 6) is 1.95. The molecule has 1 N–H and O–H groups in total. The molecule has 0 aliphatic carbocycles. The number of halogens is 1. The second-order valence-electron chi connectivity index (χ2n) is 4.23. The van der Waals surface area contributed by atoms with Gasteiger partial charge in [-0.15, -0.1) is 0 Å². The summed E-state index contributed by atoms with van der Waals surface area (Å²) in [4.78, 5) is 4.35. The Morgan fingerprint density at radius 1 is 1.35 bits per heavy atom. The first-order chi connectivity index (χ1) is 8.34. The normalized spacial score (nSPS) is 19.7. The fourth-order valence-corrected chi connectivity index (χ4v) is 2.36. The number of hydrogen-bond acceptors (Lipinski definition) is 3. The summed E-state index contributed by atoms with van der Waals surface area (Å²) in [6.07, 6.45) is 2.84. The lowest BCUT2D eigenvalue weighted by Gasteiger charge is -2.02. The highest BCUT2D eigenvalue weighted by molar-refractivity contribution is 6.33. The largest absolute Gasteiger partial charge is 0.440 e. The summed E-state index contributed by atoms with van der Waals surface area (Å²) in [6, 6.07) is 7.65. The van der Waals surface area contributed by atoms with E-state index >= 15 is 0 Å². The van der Waals surface area contributed by atoms with E-state index < -0.39 is 0 Å². The number of benzene rings is 1. The van der Waals surface area contributed by atoms with Crippen molar-refractivity contribution in [1.29, 1.82) is 0 Å². The Hall–Kier alpha value is -1.32. The maximum absolute atomic E-state index is 6.13. The van der Waals surface area contributed by atoms with Gasteiger partial charge in [0.15, 0.2) is 11.7 Å². The molecule has 0 saturated carbocycles. The Labute approximate surface area is 105 Å². The van der Waals surface area contributed by atoms with Crippen LogP contribution in [0.25, 0.3) is 11.3 Å². The molecule has 0 radical (unpaired) electrons. The fraction of sp³-hybridized carbons (Fsp3) is 0.308. The lowest BCUT2D eigenvalue weighted by atomic mass is 10.1. The Kier molecular flexibility index (Phi) is 2.87. The molecule has 1 unspecified atom stereocenters. The third-order valence-corrected chi connectivity index (χ3v) is 3.40. The van der Waals surface area contributed by atoms with E-state index in [9.17, 15) is 0 Å². The van der Waals surface area contributed by atoms with Crippen molar-refractivity contribution < 1.29 is 4.42 Å². The lowest BCUT2D eigenvalue weighted by Crippen LogP contribution is -2.07. The monoisotopic (exact) mass is 248 g/mol. The third kappa shape index (κ3) is 2.08. The van der Waals surface area contributed by atoms with Crippen LogP contribution in [0.5, 0.6) is 0 Å². The Morgan fingerprint density at radius 3 is 3.00 bits per heavy atom. The summed E-state index contributed by atoms with van der Waals surface area (Å²) in [5.41, 5.74) is 0.902. The van der Waals surface area contributed by atoms with Crippen LogP contribution in [0.1, 0.15) is 18.2 Å². The second-order valence-corrected chi connectivity index (χ2v) is 4.64. The van der Waals surface area contributed by atoms with Crippen LogP contribution in [0.2, 0.25) is 5.02 Å². The molecule has 3 nitrogen and oxygen atoms in total. The summed E-state index contributed by atoms with van der Waals surface area (Å²) in [5, 5.41) is 4.00. The van der Waals surface area contributed by atoms with E-state index in [0.29, 0.717) is 10.9 Å². The third-order valence-electron chi connectivity index (χ3n) is 3.07. The Morgan fingerprint density at radius 2 is 2.24 bits per heavy atom. The maximum Gasteiger partial charge on any atom is 0.199 e. The minimum absolute atomic E-state index is 0.395. The summed E-state index contributed by atoms with van der Waals surface area (Å²) < 4.78 is 5.80. The van der Waals surface area contributed by atoms with E-state index in [0.717, 1.165) is 36.7 Å². The summed E-state index contributed by atoms with van der Waals surface area (Å²) >= 11 is 6.13. The van der Waals surface area contributed by atoms with E-state index in [2.05, 4.69) is 10.3 Å². The van der Waals surface area contributed by atoms with E-state index in [1.165, 1.54) is 0 Å². The molecule has 1 atom stereocenters. The van der Waals surface area contributed by atoms with Crippen LogP contribution in [-0.4, -0.2) is 18.1 Å². The van der Waals surface area contributed by atoms with E-state index in [-0.39, 0.29) is 0 Å². The van der Waals surface area contributed by atoms with Crippen molar-refractivity contribution in [2.45, 2.75) is 12.3 Å². The molecule has 2 aromatic rings. The van der Waals surface area contributed by atoms with Crippen molar-refractivity contribution in [1.82, 2.24) is 10.3 Å². The first-order valence-corrected chi connectivity index (χ1v) is 6.14. The van der Waals surface area contributed by atoms with Crippen molar-refractivity contribution in [2.24, 2.45) is 0 Å². The van der Waals surface area contributed by atoms with Crippen LogP contribution in [0.4, 0.5) is 0 Å². The molecule has 2 heterocycles. The molecular formula is C13H13ClN2O. The predicted octanol–water partition coefficient (Wildman–Crippen LogP) is 3.07. The van der Waals surface area contributed by atoms with Crippen molar-refractivity contribution >= 4 is 11.6 Å². The van der Waals surface area contributed by atoms with Crippen LogP contribution < -0.4 is 5.32 Å². The second kappa shape index (κ2) is 4.51. The van der Waals surface area contributed by atoms with Crippen LogP contribution in [0.3, 0.4) is 0 Å². The molecule has 1 aromatic carbocycles. The van der Waals surface area contributed by atoms with Gasteiger partial charge in [0, 0.05) is 18.0 Å². The number of hydrogen-bond donors (Lipinski definition) is 1. The minimum Gasteiger partial charge on any atom is -0.440 e. The Bertz CT molecular complexity index is 518. The summed E-state index contributed by atoms with van der Waals surface area (Å²) in [7, 11) is 0. The molecule has 0 spiro atoms. The highest BCUT2D eigenvalue weighted by Crippen LogP contribution is 2.30. The minimum atomic E-state index is 0.395.